The van der Waals surface area contributed by atoms with Gasteiger partial charge in [0.25, 0.3) is 0 Å². The monoisotopic (exact) mass is 445 g/mol. The smallest absolute Gasteiger partial charge is 0.236 e. The van der Waals surface area contributed by atoms with Gasteiger partial charge in [0.05, 0.1) is 6.54 Å². The molecule has 3 heterocycles. The average Bonchev–Trinajstić information content (AvgIpc) is 3.45. The van der Waals surface area contributed by atoms with E-state index < -0.39 is 10.0 Å². The van der Waals surface area contributed by atoms with Gasteiger partial charge < -0.3 is 4.90 Å². The van der Waals surface area contributed by atoms with Crippen LogP contribution in [0.4, 0.5) is 0 Å². The molecular weight excluding hydrogens is 418 g/mol. The predicted molar refractivity (Wildman–Crippen MR) is 120 cm³/mol. The van der Waals surface area contributed by atoms with Crippen LogP contribution in [-0.2, 0) is 14.8 Å². The third-order valence-corrected chi connectivity index (χ3v) is 8.30. The highest BCUT2D eigenvalue weighted by Crippen LogP contribution is 2.34. The normalized spacial score (nSPS) is 21.5. The molecule has 2 aromatic rings. The quantitative estimate of drug-likeness (QED) is 0.686. The molecule has 4 rings (SSSR count). The number of carbonyl (C=O) groups excluding carboxylic acids is 1. The number of amides is 1. The third-order valence-electron chi connectivity index (χ3n) is 5.76. The van der Waals surface area contributed by atoms with Crippen LogP contribution < -0.4 is 0 Å². The fraction of sp³-hybridized carbons (Fsp3) is 0.409. The van der Waals surface area contributed by atoms with Gasteiger partial charge in [0.2, 0.25) is 15.9 Å². The summed E-state index contributed by atoms with van der Waals surface area (Å²) in [7, 11) is -3.49. The zero-order valence-corrected chi connectivity index (χ0v) is 18.5. The number of rotatable bonds is 6. The minimum atomic E-state index is -3.49. The fourth-order valence-corrected chi connectivity index (χ4v) is 6.17. The summed E-state index contributed by atoms with van der Waals surface area (Å²) in [6.45, 7) is 2.89. The minimum absolute atomic E-state index is 0.0929. The molecule has 8 heteroatoms. The lowest BCUT2D eigenvalue weighted by Gasteiger charge is -2.35. The maximum absolute atomic E-state index is 12.8. The average molecular weight is 446 g/mol. The molecule has 0 N–H and O–H groups in total. The highest BCUT2D eigenvalue weighted by atomic mass is 32.2. The van der Waals surface area contributed by atoms with Gasteiger partial charge in [-0.05, 0) is 42.5 Å². The second kappa shape index (κ2) is 9.43. The first-order valence-corrected chi connectivity index (χ1v) is 12.7. The Morgan fingerprint density at radius 2 is 1.80 bits per heavy atom. The van der Waals surface area contributed by atoms with Gasteiger partial charge in [-0.3, -0.25) is 9.69 Å². The van der Waals surface area contributed by atoms with Gasteiger partial charge in [-0.1, -0.05) is 36.4 Å². The molecule has 0 aliphatic carbocycles. The van der Waals surface area contributed by atoms with Crippen molar-refractivity contribution in [2.75, 3.05) is 39.3 Å². The van der Waals surface area contributed by atoms with Gasteiger partial charge in [0, 0.05) is 42.5 Å². The number of hydrogen-bond donors (Lipinski definition) is 0. The molecule has 2 aliphatic heterocycles. The van der Waals surface area contributed by atoms with Crippen LogP contribution in [0.25, 0.3) is 6.08 Å². The van der Waals surface area contributed by atoms with E-state index in [4.69, 9.17) is 0 Å². The van der Waals surface area contributed by atoms with Crippen molar-refractivity contribution < 1.29 is 13.2 Å². The Balaban J connectivity index is 1.30. The van der Waals surface area contributed by atoms with Gasteiger partial charge >= 0.3 is 0 Å². The number of sulfonamides is 1. The highest BCUT2D eigenvalue weighted by Gasteiger charge is 2.32. The minimum Gasteiger partial charge on any atom is -0.339 e. The largest absolute Gasteiger partial charge is 0.339 e. The van der Waals surface area contributed by atoms with Crippen molar-refractivity contribution in [2.24, 2.45) is 0 Å². The second-order valence-electron chi connectivity index (χ2n) is 7.68. The van der Waals surface area contributed by atoms with E-state index in [1.54, 1.807) is 22.3 Å². The second-order valence-corrected chi connectivity index (χ2v) is 10.5. The van der Waals surface area contributed by atoms with Crippen molar-refractivity contribution in [3.8, 4) is 0 Å². The molecule has 6 nitrogen and oxygen atoms in total. The van der Waals surface area contributed by atoms with Crippen LogP contribution in [0.3, 0.4) is 0 Å². The molecule has 0 bridgehead atoms. The molecule has 1 aromatic carbocycles. The topological polar surface area (TPSA) is 60.9 Å². The predicted octanol–water partition coefficient (Wildman–Crippen LogP) is 3.03. The third kappa shape index (κ3) is 5.00. The number of likely N-dealkylation sites (tertiary alicyclic amines) is 1. The Labute approximate surface area is 182 Å². The first kappa shape index (κ1) is 21.2. The van der Waals surface area contributed by atoms with Crippen LogP contribution in [-0.4, -0.2) is 67.7 Å². The molecular formula is C22H27N3O3S2. The van der Waals surface area contributed by atoms with E-state index in [-0.39, 0.29) is 5.91 Å². The summed E-state index contributed by atoms with van der Waals surface area (Å²) in [4.78, 5) is 18.2. The van der Waals surface area contributed by atoms with Crippen LogP contribution in [0.5, 0.6) is 0 Å². The van der Waals surface area contributed by atoms with E-state index in [9.17, 15) is 13.2 Å². The Morgan fingerprint density at radius 3 is 2.50 bits per heavy atom. The van der Waals surface area contributed by atoms with Crippen molar-refractivity contribution in [1.29, 1.82) is 0 Å². The summed E-state index contributed by atoms with van der Waals surface area (Å²) in [5, 5.41) is 3.34. The molecule has 30 heavy (non-hydrogen) atoms. The first-order valence-electron chi connectivity index (χ1n) is 10.3. The summed E-state index contributed by atoms with van der Waals surface area (Å²) < 4.78 is 26.7. The maximum atomic E-state index is 12.8. The summed E-state index contributed by atoms with van der Waals surface area (Å²) in [6, 6.07) is 13.9. The number of piperazine rings is 1. The van der Waals surface area contributed by atoms with E-state index in [0.717, 1.165) is 24.9 Å². The lowest BCUT2D eigenvalue weighted by atomic mass is 10.2. The van der Waals surface area contributed by atoms with Crippen LogP contribution in [0.1, 0.15) is 29.3 Å². The van der Waals surface area contributed by atoms with Crippen molar-refractivity contribution in [2.45, 2.75) is 18.9 Å². The number of thiophene rings is 1. The van der Waals surface area contributed by atoms with E-state index in [0.29, 0.717) is 38.8 Å². The zero-order valence-electron chi connectivity index (χ0n) is 16.9. The molecule has 0 spiro atoms. The Hall–Kier alpha value is -2.00. The van der Waals surface area contributed by atoms with Gasteiger partial charge in [-0.2, -0.15) is 4.31 Å². The van der Waals surface area contributed by atoms with Gasteiger partial charge in [0.15, 0.2) is 0 Å². The van der Waals surface area contributed by atoms with E-state index in [2.05, 4.69) is 22.4 Å². The van der Waals surface area contributed by atoms with Gasteiger partial charge in [0.1, 0.15) is 0 Å². The van der Waals surface area contributed by atoms with Crippen LogP contribution >= 0.6 is 11.3 Å². The molecule has 2 fully saturated rings. The Kier molecular flexibility index (Phi) is 6.67. The zero-order chi connectivity index (χ0) is 21.0. The highest BCUT2D eigenvalue weighted by molar-refractivity contribution is 7.92. The molecule has 160 valence electrons. The molecule has 1 unspecified atom stereocenters. The van der Waals surface area contributed by atoms with E-state index >= 15 is 0 Å². The number of nitrogens with zero attached hydrogens (tertiary/aromatic N) is 3. The maximum Gasteiger partial charge on any atom is 0.236 e. The van der Waals surface area contributed by atoms with Crippen molar-refractivity contribution in [3.63, 3.8) is 0 Å². The molecule has 2 saturated heterocycles. The van der Waals surface area contributed by atoms with Crippen LogP contribution in [0.2, 0.25) is 0 Å². The first-order chi connectivity index (χ1) is 14.5. The fourth-order valence-electron chi connectivity index (χ4n) is 4.10. The summed E-state index contributed by atoms with van der Waals surface area (Å²) in [5.74, 6) is 0.0929. The Morgan fingerprint density at radius 1 is 1.03 bits per heavy atom. The van der Waals surface area contributed by atoms with Gasteiger partial charge in [-0.25, -0.2) is 8.42 Å². The van der Waals surface area contributed by atoms with E-state index in [1.165, 1.54) is 14.6 Å². The number of carbonyl (C=O) groups is 1. The standard InChI is InChI=1S/C22H27N3O3S2/c26-22(18-24-11-4-8-20(24)21-9-5-16-29-21)23-12-14-25(15-13-23)30(27,28)17-10-19-6-2-1-3-7-19/h1-3,5-7,9-10,16-17,20H,4,8,11-15,18H2/b17-10+. The molecule has 2 aliphatic rings. The van der Waals surface area contributed by atoms with Crippen LogP contribution in [0.15, 0.2) is 53.3 Å². The van der Waals surface area contributed by atoms with Crippen molar-refractivity contribution in [3.05, 3.63) is 63.7 Å². The molecule has 1 aromatic heterocycles. The molecule has 0 radical (unpaired) electrons. The number of benzene rings is 1. The lowest BCUT2D eigenvalue weighted by Crippen LogP contribution is -2.52. The Bertz CT molecular complexity index is 966. The van der Waals surface area contributed by atoms with Crippen LogP contribution in [0, 0.1) is 0 Å². The van der Waals surface area contributed by atoms with Gasteiger partial charge in [-0.15, -0.1) is 11.3 Å². The SMILES string of the molecule is O=C(CN1CCCC1c1cccs1)N1CCN(S(=O)(=O)/C=C/c2ccccc2)CC1. The summed E-state index contributed by atoms with van der Waals surface area (Å²) in [6.07, 6.45) is 3.81. The molecule has 1 atom stereocenters. The lowest BCUT2D eigenvalue weighted by molar-refractivity contribution is -0.133. The molecule has 1 amide bonds. The van der Waals surface area contributed by atoms with Crippen molar-refractivity contribution >= 4 is 33.3 Å². The van der Waals surface area contributed by atoms with Crippen molar-refractivity contribution in [1.82, 2.24) is 14.1 Å². The summed E-state index contributed by atoms with van der Waals surface area (Å²) in [5.41, 5.74) is 0.848. The molecule has 0 saturated carbocycles. The van der Waals surface area contributed by atoms with E-state index in [1.807, 2.05) is 30.3 Å². The number of hydrogen-bond acceptors (Lipinski definition) is 5. The summed E-state index contributed by atoms with van der Waals surface area (Å²) >= 11 is 1.75.